The summed E-state index contributed by atoms with van der Waals surface area (Å²) in [5.74, 6) is 0. The third-order valence-electron chi connectivity index (χ3n) is 2.98. The van der Waals surface area contributed by atoms with Gasteiger partial charge in [0, 0.05) is 27.4 Å². The van der Waals surface area contributed by atoms with E-state index in [1.165, 1.54) is 0 Å². The van der Waals surface area contributed by atoms with Crippen molar-refractivity contribution < 1.29 is 27.9 Å². The lowest BCUT2D eigenvalue weighted by Crippen LogP contribution is -2.37. The first-order valence-electron chi connectivity index (χ1n) is 7.24. The maximum atomic E-state index is 11.4. The Labute approximate surface area is 128 Å². The predicted octanol–water partition coefficient (Wildman–Crippen LogP) is 1.52. The Hall–Kier alpha value is -0.673. The van der Waals surface area contributed by atoms with Crippen LogP contribution in [0.1, 0.15) is 13.3 Å². The van der Waals surface area contributed by atoms with Gasteiger partial charge in [-0.1, -0.05) is 0 Å². The third-order valence-corrected chi connectivity index (χ3v) is 5.97. The summed E-state index contributed by atoms with van der Waals surface area (Å²) in [6.45, 7) is 6.82. The Morgan fingerprint density at radius 2 is 1.67 bits per heavy atom. The van der Waals surface area contributed by atoms with Crippen LogP contribution in [0.3, 0.4) is 0 Å². The van der Waals surface area contributed by atoms with Crippen LogP contribution in [-0.2, 0) is 23.1 Å². The van der Waals surface area contributed by atoms with Gasteiger partial charge >= 0.3 is 14.7 Å². The highest BCUT2D eigenvalue weighted by Crippen LogP contribution is 2.12. The van der Waals surface area contributed by atoms with Gasteiger partial charge in [-0.25, -0.2) is 4.79 Å². The van der Waals surface area contributed by atoms with E-state index < -0.39 is 14.7 Å². The summed E-state index contributed by atoms with van der Waals surface area (Å²) in [6, 6.07) is 0.820. The first-order valence-corrected chi connectivity index (χ1v) is 9.76. The van der Waals surface area contributed by atoms with E-state index in [1.807, 2.05) is 13.5 Å². The molecule has 126 valence electrons. The molecule has 0 unspecified atom stereocenters. The molecule has 1 amide bonds. The fourth-order valence-corrected chi connectivity index (χ4v) is 2.89. The summed E-state index contributed by atoms with van der Waals surface area (Å²) in [6.07, 6.45) is 0.367. The van der Waals surface area contributed by atoms with Gasteiger partial charge in [0.25, 0.3) is 0 Å². The molecule has 0 radical (unpaired) electrons. The van der Waals surface area contributed by atoms with E-state index in [1.54, 1.807) is 14.2 Å². The third kappa shape index (κ3) is 11.6. The van der Waals surface area contributed by atoms with Gasteiger partial charge in [-0.15, -0.1) is 0 Å². The number of nitrogens with one attached hydrogen (secondary N) is 1. The van der Waals surface area contributed by atoms with Crippen molar-refractivity contribution in [2.75, 3.05) is 53.8 Å². The highest BCUT2D eigenvalue weighted by Gasteiger charge is 2.27. The molecule has 0 atom stereocenters. The van der Waals surface area contributed by atoms with Crippen molar-refractivity contribution in [1.29, 1.82) is 0 Å². The van der Waals surface area contributed by atoms with Gasteiger partial charge in [-0.3, -0.25) is 0 Å². The van der Waals surface area contributed by atoms with E-state index in [0.717, 1.165) is 12.5 Å². The van der Waals surface area contributed by atoms with Crippen LogP contribution < -0.4 is 5.32 Å². The average molecular weight is 323 g/mol. The molecule has 0 aliphatic heterocycles. The zero-order chi connectivity index (χ0) is 16.0. The van der Waals surface area contributed by atoms with Crippen molar-refractivity contribution in [3.8, 4) is 0 Å². The zero-order valence-corrected chi connectivity index (χ0v) is 14.6. The Morgan fingerprint density at radius 3 is 2.29 bits per heavy atom. The molecule has 0 aliphatic rings. The molecular formula is C13H29NO6Si. The average Bonchev–Trinajstić information content (AvgIpc) is 2.50. The SMILES string of the molecule is CCOCCOCCOC(=O)NCCC[Si](C)(OC)OC. The molecule has 0 saturated heterocycles. The summed E-state index contributed by atoms with van der Waals surface area (Å²) in [5, 5.41) is 2.68. The van der Waals surface area contributed by atoms with Gasteiger partial charge < -0.3 is 28.4 Å². The molecule has 0 heterocycles. The summed E-state index contributed by atoms with van der Waals surface area (Å²) >= 11 is 0. The number of rotatable bonds is 13. The molecule has 0 aliphatic carbocycles. The molecule has 0 fully saturated rings. The highest BCUT2D eigenvalue weighted by atomic mass is 28.4. The Bertz CT molecular complexity index is 263. The van der Waals surface area contributed by atoms with Crippen LogP contribution in [0, 0.1) is 0 Å². The second-order valence-electron chi connectivity index (χ2n) is 4.52. The Kier molecular flexibility index (Phi) is 12.6. The van der Waals surface area contributed by atoms with Crippen LogP contribution in [0.15, 0.2) is 0 Å². The van der Waals surface area contributed by atoms with Gasteiger partial charge in [0.2, 0.25) is 0 Å². The van der Waals surface area contributed by atoms with Crippen LogP contribution in [0.2, 0.25) is 12.6 Å². The number of alkyl carbamates (subject to hydrolysis) is 1. The summed E-state index contributed by atoms with van der Waals surface area (Å²) in [7, 11) is 1.27. The lowest BCUT2D eigenvalue weighted by atomic mass is 10.5. The van der Waals surface area contributed by atoms with Crippen molar-refractivity contribution in [1.82, 2.24) is 5.32 Å². The molecule has 7 nitrogen and oxygen atoms in total. The van der Waals surface area contributed by atoms with E-state index in [0.29, 0.717) is 33.0 Å². The van der Waals surface area contributed by atoms with E-state index in [2.05, 4.69) is 5.32 Å². The summed E-state index contributed by atoms with van der Waals surface area (Å²) in [5.41, 5.74) is 0. The standard InChI is InChI=1S/C13H29NO6Si/c1-5-18-8-9-19-10-11-20-13(15)14-7-6-12-21(4,16-2)17-3/h5-12H2,1-4H3,(H,14,15). The van der Waals surface area contributed by atoms with Crippen LogP contribution in [0.25, 0.3) is 0 Å². The van der Waals surface area contributed by atoms with Gasteiger partial charge in [-0.2, -0.15) is 0 Å². The van der Waals surface area contributed by atoms with Crippen molar-refractivity contribution in [2.24, 2.45) is 0 Å². The normalized spacial score (nSPS) is 11.4. The topological polar surface area (TPSA) is 75.3 Å². The number of carbonyl (C=O) groups excluding carboxylic acids is 1. The van der Waals surface area contributed by atoms with Gasteiger partial charge in [0.15, 0.2) is 0 Å². The van der Waals surface area contributed by atoms with Gasteiger partial charge in [-0.05, 0) is 25.9 Å². The highest BCUT2D eigenvalue weighted by molar-refractivity contribution is 6.65. The van der Waals surface area contributed by atoms with Crippen molar-refractivity contribution in [3.05, 3.63) is 0 Å². The Balaban J connectivity index is 3.42. The molecule has 0 rings (SSSR count). The second kappa shape index (κ2) is 13.0. The van der Waals surface area contributed by atoms with Crippen LogP contribution in [0.5, 0.6) is 0 Å². The van der Waals surface area contributed by atoms with E-state index in [-0.39, 0.29) is 6.61 Å². The molecule has 0 aromatic rings. The molecular weight excluding hydrogens is 294 g/mol. The summed E-state index contributed by atoms with van der Waals surface area (Å²) < 4.78 is 26.0. The number of amides is 1. The van der Waals surface area contributed by atoms with Crippen molar-refractivity contribution in [3.63, 3.8) is 0 Å². The van der Waals surface area contributed by atoms with E-state index in [9.17, 15) is 4.79 Å². The lowest BCUT2D eigenvalue weighted by Gasteiger charge is -2.22. The van der Waals surface area contributed by atoms with Crippen molar-refractivity contribution >= 4 is 14.7 Å². The number of carbonyl (C=O) groups is 1. The maximum Gasteiger partial charge on any atom is 0.407 e. The van der Waals surface area contributed by atoms with Crippen LogP contribution in [0.4, 0.5) is 4.79 Å². The first-order chi connectivity index (χ1) is 10.1. The monoisotopic (exact) mass is 323 g/mol. The van der Waals surface area contributed by atoms with Crippen LogP contribution in [-0.4, -0.2) is 68.5 Å². The first kappa shape index (κ1) is 20.3. The fourth-order valence-electron chi connectivity index (χ4n) is 1.50. The minimum atomic E-state index is -2.04. The summed E-state index contributed by atoms with van der Waals surface area (Å²) in [4.78, 5) is 11.4. The molecule has 0 spiro atoms. The molecule has 21 heavy (non-hydrogen) atoms. The Morgan fingerprint density at radius 1 is 1.05 bits per heavy atom. The van der Waals surface area contributed by atoms with Crippen LogP contribution >= 0.6 is 0 Å². The van der Waals surface area contributed by atoms with Crippen molar-refractivity contribution in [2.45, 2.75) is 25.9 Å². The minimum absolute atomic E-state index is 0.237. The largest absolute Gasteiger partial charge is 0.447 e. The molecule has 8 heteroatoms. The molecule has 0 aromatic heterocycles. The zero-order valence-electron chi connectivity index (χ0n) is 13.6. The molecule has 0 bridgehead atoms. The molecule has 1 N–H and O–H groups in total. The predicted molar refractivity (Wildman–Crippen MR) is 81.7 cm³/mol. The van der Waals surface area contributed by atoms with Gasteiger partial charge in [0.05, 0.1) is 19.8 Å². The molecule has 0 saturated carbocycles. The van der Waals surface area contributed by atoms with Gasteiger partial charge in [0.1, 0.15) is 6.61 Å². The quantitative estimate of drug-likeness (QED) is 0.409. The number of ether oxygens (including phenoxy) is 3. The smallest absolute Gasteiger partial charge is 0.407 e. The van der Waals surface area contributed by atoms with E-state index in [4.69, 9.17) is 23.1 Å². The molecule has 0 aromatic carbocycles. The number of hydrogen-bond donors (Lipinski definition) is 1. The lowest BCUT2D eigenvalue weighted by molar-refractivity contribution is 0.0314. The minimum Gasteiger partial charge on any atom is -0.447 e. The fraction of sp³-hybridized carbons (Fsp3) is 0.923. The maximum absolute atomic E-state index is 11.4. The number of hydrogen-bond acceptors (Lipinski definition) is 6. The van der Waals surface area contributed by atoms with E-state index >= 15 is 0 Å². The second-order valence-corrected chi connectivity index (χ2v) is 8.10.